The van der Waals surface area contributed by atoms with Crippen molar-refractivity contribution < 1.29 is 17.9 Å². The van der Waals surface area contributed by atoms with E-state index in [9.17, 15) is 13.2 Å². The summed E-state index contributed by atoms with van der Waals surface area (Å²) in [5.41, 5.74) is 2.69. The van der Waals surface area contributed by atoms with E-state index in [0.29, 0.717) is 28.4 Å². The number of esters is 1. The number of hydrogen-bond acceptors (Lipinski definition) is 6. The van der Waals surface area contributed by atoms with E-state index in [1.807, 2.05) is 30.9 Å². The lowest BCUT2D eigenvalue weighted by molar-refractivity contribution is -0.136. The molecule has 2 N–H and O–H groups in total. The molecule has 2 heterocycles. The van der Waals surface area contributed by atoms with Gasteiger partial charge in [-0.2, -0.15) is 0 Å². The lowest BCUT2D eigenvalue weighted by Crippen LogP contribution is -2.47. The molecule has 1 aliphatic rings. The highest BCUT2D eigenvalue weighted by atomic mass is 32.2. The molecule has 0 aliphatic carbocycles. The molecule has 3 aromatic rings. The molecule has 2 aromatic carbocycles. The van der Waals surface area contributed by atoms with Gasteiger partial charge >= 0.3 is 5.97 Å². The molecular formula is C24H24N4O4S2. The number of carbonyl (C=O) groups is 1. The van der Waals surface area contributed by atoms with Crippen LogP contribution < -0.4 is 10.0 Å². The Bertz CT molecular complexity index is 1400. The lowest BCUT2D eigenvalue weighted by atomic mass is 9.95. The van der Waals surface area contributed by atoms with Gasteiger partial charge in [0.05, 0.1) is 24.2 Å². The Kier molecular flexibility index (Phi) is 6.54. The zero-order chi connectivity index (χ0) is 24.5. The van der Waals surface area contributed by atoms with Gasteiger partial charge in [-0.15, -0.1) is 0 Å². The Morgan fingerprint density at radius 2 is 1.88 bits per heavy atom. The Balaban J connectivity index is 1.65. The third-order valence-electron chi connectivity index (χ3n) is 5.70. The van der Waals surface area contributed by atoms with Crippen LogP contribution in [0.2, 0.25) is 0 Å². The number of carbonyl (C=O) groups excluding carboxylic acids is 1. The molecule has 1 atom stereocenters. The Morgan fingerprint density at radius 3 is 2.56 bits per heavy atom. The second kappa shape index (κ2) is 9.40. The zero-order valence-corrected chi connectivity index (χ0v) is 20.5. The fourth-order valence-corrected chi connectivity index (χ4v) is 5.66. The first-order valence-electron chi connectivity index (χ1n) is 10.6. The molecule has 4 rings (SSSR count). The third kappa shape index (κ3) is 4.34. The van der Waals surface area contributed by atoms with Crippen LogP contribution in [0, 0.1) is 0 Å². The van der Waals surface area contributed by atoms with Crippen LogP contribution in [-0.4, -0.2) is 43.0 Å². The number of rotatable bonds is 6. The van der Waals surface area contributed by atoms with Gasteiger partial charge < -0.3 is 15.0 Å². The van der Waals surface area contributed by atoms with E-state index in [1.54, 1.807) is 42.6 Å². The highest BCUT2D eigenvalue weighted by molar-refractivity contribution is 7.93. The molecule has 34 heavy (non-hydrogen) atoms. The average molecular weight is 497 g/mol. The quantitative estimate of drug-likeness (QED) is 0.393. The van der Waals surface area contributed by atoms with Crippen molar-refractivity contribution >= 4 is 49.9 Å². The fraction of sp³-hybridized carbons (Fsp3) is 0.208. The molecule has 176 valence electrons. The summed E-state index contributed by atoms with van der Waals surface area (Å²) < 4.78 is 33.8. The number of fused-ring (bicyclic) bond motifs is 1. The summed E-state index contributed by atoms with van der Waals surface area (Å²) in [6.45, 7) is 4.38. The Hall–Kier alpha value is -3.50. The molecular weight excluding hydrogens is 472 g/mol. The van der Waals surface area contributed by atoms with Gasteiger partial charge in [-0.1, -0.05) is 30.3 Å². The minimum Gasteiger partial charge on any atom is -0.466 e. The number of aromatic nitrogens is 1. The van der Waals surface area contributed by atoms with Crippen molar-refractivity contribution in [2.75, 3.05) is 18.4 Å². The fourth-order valence-electron chi connectivity index (χ4n) is 4.03. The molecule has 0 spiro atoms. The van der Waals surface area contributed by atoms with Crippen LogP contribution in [0.3, 0.4) is 0 Å². The summed E-state index contributed by atoms with van der Waals surface area (Å²) in [5.74, 6) is -0.454. The van der Waals surface area contributed by atoms with Gasteiger partial charge in [-0.25, -0.2) is 13.2 Å². The third-order valence-corrected chi connectivity index (χ3v) is 7.45. The minimum atomic E-state index is -3.87. The van der Waals surface area contributed by atoms with Gasteiger partial charge in [0.25, 0.3) is 10.0 Å². The molecule has 0 saturated heterocycles. The van der Waals surface area contributed by atoms with Crippen molar-refractivity contribution in [3.05, 3.63) is 77.6 Å². The van der Waals surface area contributed by atoms with Crippen LogP contribution in [0.25, 0.3) is 10.9 Å². The van der Waals surface area contributed by atoms with E-state index in [2.05, 4.69) is 15.0 Å². The Labute approximate surface area is 203 Å². The number of nitrogens with zero attached hydrogens (tertiary/aromatic N) is 2. The largest absolute Gasteiger partial charge is 0.466 e. The maximum Gasteiger partial charge on any atom is 0.337 e. The molecule has 1 unspecified atom stereocenters. The number of thiocarbonyl (C=S) groups is 1. The number of ether oxygens (including phenoxy) is 1. The summed E-state index contributed by atoms with van der Waals surface area (Å²) in [5, 5.41) is 4.44. The number of pyridine rings is 1. The van der Waals surface area contributed by atoms with Crippen molar-refractivity contribution in [1.82, 2.24) is 15.2 Å². The standard InChI is InChI=1S/C24H24N4O4S2/c1-4-28-15(2)20(23(29)32-3)22(26-24(28)33)17-10-12-18(13-11-17)27-34(30,31)19-9-5-7-16-8-6-14-25-21(16)19/h5-14,22,27H,4H2,1-3H3,(H,26,33). The van der Waals surface area contributed by atoms with E-state index in [-0.39, 0.29) is 4.90 Å². The molecule has 0 amide bonds. The van der Waals surface area contributed by atoms with Crippen LogP contribution in [-0.2, 0) is 19.6 Å². The van der Waals surface area contributed by atoms with Crippen molar-refractivity contribution in [2.24, 2.45) is 0 Å². The van der Waals surface area contributed by atoms with Crippen molar-refractivity contribution in [2.45, 2.75) is 24.8 Å². The molecule has 0 fully saturated rings. The number of sulfonamides is 1. The van der Waals surface area contributed by atoms with Gasteiger partial charge in [-0.05, 0) is 55.9 Å². The van der Waals surface area contributed by atoms with Crippen molar-refractivity contribution in [1.29, 1.82) is 0 Å². The maximum absolute atomic E-state index is 13.1. The monoisotopic (exact) mass is 496 g/mol. The summed E-state index contributed by atoms with van der Waals surface area (Å²) in [7, 11) is -2.54. The molecule has 0 bridgehead atoms. The number of benzene rings is 2. The number of anilines is 1. The predicted molar refractivity (Wildman–Crippen MR) is 135 cm³/mol. The number of hydrogen-bond donors (Lipinski definition) is 2. The molecule has 0 saturated carbocycles. The lowest BCUT2D eigenvalue weighted by Gasteiger charge is -2.36. The number of para-hydroxylation sites is 1. The van der Waals surface area contributed by atoms with Gasteiger partial charge in [-0.3, -0.25) is 9.71 Å². The van der Waals surface area contributed by atoms with Gasteiger partial charge in [0.15, 0.2) is 5.11 Å². The van der Waals surface area contributed by atoms with E-state index in [4.69, 9.17) is 17.0 Å². The maximum atomic E-state index is 13.1. The number of allylic oxidation sites excluding steroid dienone is 1. The zero-order valence-electron chi connectivity index (χ0n) is 18.9. The predicted octanol–water partition coefficient (Wildman–Crippen LogP) is 3.73. The van der Waals surface area contributed by atoms with Gasteiger partial charge in [0, 0.05) is 29.5 Å². The summed E-state index contributed by atoms with van der Waals surface area (Å²) in [6, 6.07) is 14.9. The van der Waals surface area contributed by atoms with Crippen LogP contribution >= 0.6 is 12.2 Å². The summed E-state index contributed by atoms with van der Waals surface area (Å²) in [6.07, 6.45) is 1.56. The van der Waals surface area contributed by atoms with Crippen LogP contribution in [0.4, 0.5) is 5.69 Å². The van der Waals surface area contributed by atoms with E-state index in [1.165, 1.54) is 13.2 Å². The van der Waals surface area contributed by atoms with Crippen molar-refractivity contribution in [3.63, 3.8) is 0 Å². The molecule has 10 heteroatoms. The highest BCUT2D eigenvalue weighted by Gasteiger charge is 2.34. The Morgan fingerprint density at radius 1 is 1.18 bits per heavy atom. The smallest absolute Gasteiger partial charge is 0.337 e. The summed E-state index contributed by atoms with van der Waals surface area (Å²) in [4.78, 5) is 18.7. The second-order valence-electron chi connectivity index (χ2n) is 7.68. The topological polar surface area (TPSA) is 101 Å². The second-order valence-corrected chi connectivity index (χ2v) is 9.71. The summed E-state index contributed by atoms with van der Waals surface area (Å²) >= 11 is 5.48. The van der Waals surface area contributed by atoms with Crippen LogP contribution in [0.1, 0.15) is 25.5 Å². The first-order chi connectivity index (χ1) is 16.3. The first kappa shape index (κ1) is 23.7. The SMILES string of the molecule is CCN1C(=S)NC(c2ccc(NS(=O)(=O)c3cccc4cccnc34)cc2)C(C(=O)OC)=C1C. The van der Waals surface area contributed by atoms with Gasteiger partial charge in [0.1, 0.15) is 4.90 Å². The number of methoxy groups -OCH3 is 1. The first-order valence-corrected chi connectivity index (χ1v) is 12.5. The molecule has 1 aromatic heterocycles. The molecule has 8 nitrogen and oxygen atoms in total. The van der Waals surface area contributed by atoms with E-state index < -0.39 is 22.0 Å². The van der Waals surface area contributed by atoms with Crippen LogP contribution in [0.5, 0.6) is 0 Å². The number of nitrogens with one attached hydrogen (secondary N) is 2. The van der Waals surface area contributed by atoms with E-state index in [0.717, 1.165) is 16.6 Å². The van der Waals surface area contributed by atoms with Crippen LogP contribution in [0.15, 0.2) is 77.0 Å². The molecule has 1 aliphatic heterocycles. The molecule has 0 radical (unpaired) electrons. The average Bonchev–Trinajstić information content (AvgIpc) is 2.83. The van der Waals surface area contributed by atoms with Gasteiger partial charge in [0.2, 0.25) is 0 Å². The minimum absolute atomic E-state index is 0.0974. The normalized spacial score (nSPS) is 16.4. The van der Waals surface area contributed by atoms with Crippen molar-refractivity contribution in [3.8, 4) is 0 Å². The highest BCUT2D eigenvalue weighted by Crippen LogP contribution is 2.32. The van der Waals surface area contributed by atoms with E-state index >= 15 is 0 Å².